The second-order valence-corrected chi connectivity index (χ2v) is 3.59. The first-order valence-electron chi connectivity index (χ1n) is 5.03. The predicted molar refractivity (Wildman–Crippen MR) is 60.1 cm³/mol. The zero-order valence-corrected chi connectivity index (χ0v) is 8.99. The number of likely N-dealkylation sites (N-methyl/N-ethyl adjacent to an activating group) is 1. The standard InChI is InChI=1S/C11H15N3O/c1-8-9-4-3-5-10(15)11(9)13-14(8)7-6-12-2/h3-5,12,15H,6-7H2,1-2H3. The van der Waals surface area contributed by atoms with Gasteiger partial charge in [0.1, 0.15) is 11.3 Å². The molecule has 0 atom stereocenters. The van der Waals surface area contributed by atoms with Gasteiger partial charge in [0.2, 0.25) is 0 Å². The number of nitrogens with zero attached hydrogens (tertiary/aromatic N) is 2. The van der Waals surface area contributed by atoms with Crippen LogP contribution in [0.1, 0.15) is 5.69 Å². The number of phenols is 1. The van der Waals surface area contributed by atoms with Crippen molar-refractivity contribution in [2.75, 3.05) is 13.6 Å². The molecule has 4 heteroatoms. The minimum absolute atomic E-state index is 0.249. The molecule has 1 heterocycles. The molecule has 0 bridgehead atoms. The molecule has 0 spiro atoms. The molecule has 0 aliphatic heterocycles. The summed E-state index contributed by atoms with van der Waals surface area (Å²) in [5, 5.41) is 18.1. The molecular weight excluding hydrogens is 190 g/mol. The number of hydrogen-bond donors (Lipinski definition) is 2. The Morgan fingerprint density at radius 3 is 2.93 bits per heavy atom. The van der Waals surface area contributed by atoms with Crippen molar-refractivity contribution in [2.45, 2.75) is 13.5 Å². The van der Waals surface area contributed by atoms with Crippen LogP contribution < -0.4 is 5.32 Å². The monoisotopic (exact) mass is 205 g/mol. The summed E-state index contributed by atoms with van der Waals surface area (Å²) >= 11 is 0. The van der Waals surface area contributed by atoms with Crippen molar-refractivity contribution in [3.05, 3.63) is 23.9 Å². The molecule has 0 aliphatic carbocycles. The van der Waals surface area contributed by atoms with Crippen molar-refractivity contribution < 1.29 is 5.11 Å². The molecule has 0 aliphatic rings. The van der Waals surface area contributed by atoms with Crippen LogP contribution in [-0.2, 0) is 6.54 Å². The third-order valence-electron chi connectivity index (χ3n) is 2.59. The summed E-state index contributed by atoms with van der Waals surface area (Å²) in [7, 11) is 1.91. The molecule has 0 unspecified atom stereocenters. The molecule has 0 amide bonds. The van der Waals surface area contributed by atoms with E-state index in [1.165, 1.54) is 0 Å². The van der Waals surface area contributed by atoms with Gasteiger partial charge in [0, 0.05) is 17.6 Å². The summed E-state index contributed by atoms with van der Waals surface area (Å²) in [5.74, 6) is 0.249. The maximum absolute atomic E-state index is 9.64. The van der Waals surface area contributed by atoms with Gasteiger partial charge in [0.25, 0.3) is 0 Å². The van der Waals surface area contributed by atoms with Crippen molar-refractivity contribution in [1.29, 1.82) is 0 Å². The SMILES string of the molecule is CNCCn1nc2c(O)cccc2c1C. The van der Waals surface area contributed by atoms with Crippen molar-refractivity contribution in [2.24, 2.45) is 0 Å². The molecule has 2 rings (SSSR count). The second-order valence-electron chi connectivity index (χ2n) is 3.59. The Kier molecular flexibility index (Phi) is 2.60. The molecule has 0 saturated heterocycles. The summed E-state index contributed by atoms with van der Waals surface area (Å²) in [6, 6.07) is 5.49. The van der Waals surface area contributed by atoms with Gasteiger partial charge in [-0.1, -0.05) is 12.1 Å². The Morgan fingerprint density at radius 2 is 2.27 bits per heavy atom. The molecule has 80 valence electrons. The van der Waals surface area contributed by atoms with Crippen LogP contribution >= 0.6 is 0 Å². The van der Waals surface area contributed by atoms with Crippen molar-refractivity contribution in [3.63, 3.8) is 0 Å². The highest BCUT2D eigenvalue weighted by atomic mass is 16.3. The van der Waals surface area contributed by atoms with Gasteiger partial charge < -0.3 is 10.4 Å². The molecule has 2 N–H and O–H groups in total. The average molecular weight is 205 g/mol. The van der Waals surface area contributed by atoms with Gasteiger partial charge in [0.05, 0.1) is 6.54 Å². The van der Waals surface area contributed by atoms with Crippen LogP contribution in [0.3, 0.4) is 0 Å². The Balaban J connectivity index is 2.49. The van der Waals surface area contributed by atoms with E-state index >= 15 is 0 Å². The van der Waals surface area contributed by atoms with E-state index in [4.69, 9.17) is 0 Å². The molecule has 4 nitrogen and oxygen atoms in total. The fraction of sp³-hybridized carbons (Fsp3) is 0.364. The highest BCUT2D eigenvalue weighted by Gasteiger charge is 2.09. The summed E-state index contributed by atoms with van der Waals surface area (Å²) < 4.78 is 1.92. The van der Waals surface area contributed by atoms with E-state index in [2.05, 4.69) is 10.4 Å². The quantitative estimate of drug-likeness (QED) is 0.793. The number of nitrogens with one attached hydrogen (secondary N) is 1. The third-order valence-corrected chi connectivity index (χ3v) is 2.59. The number of aromatic nitrogens is 2. The predicted octanol–water partition coefficient (Wildman–Crippen LogP) is 1.27. The number of hydrogen-bond acceptors (Lipinski definition) is 3. The smallest absolute Gasteiger partial charge is 0.143 e. The van der Waals surface area contributed by atoms with E-state index < -0.39 is 0 Å². The van der Waals surface area contributed by atoms with Crippen LogP contribution in [0.25, 0.3) is 10.9 Å². The maximum Gasteiger partial charge on any atom is 0.143 e. The fourth-order valence-corrected chi connectivity index (χ4v) is 1.70. The number of aromatic hydroxyl groups is 1. The molecule has 1 aromatic heterocycles. The largest absolute Gasteiger partial charge is 0.506 e. The molecule has 0 saturated carbocycles. The van der Waals surface area contributed by atoms with Gasteiger partial charge in [-0.2, -0.15) is 5.10 Å². The normalized spacial score (nSPS) is 11.1. The zero-order chi connectivity index (χ0) is 10.8. The molecule has 15 heavy (non-hydrogen) atoms. The summed E-state index contributed by atoms with van der Waals surface area (Å²) in [4.78, 5) is 0. The second kappa shape index (κ2) is 3.90. The van der Waals surface area contributed by atoms with Crippen LogP contribution in [0.4, 0.5) is 0 Å². The number of benzene rings is 1. The van der Waals surface area contributed by atoms with Gasteiger partial charge in [-0.25, -0.2) is 0 Å². The van der Waals surface area contributed by atoms with Crippen LogP contribution in [0.5, 0.6) is 5.75 Å². The van der Waals surface area contributed by atoms with E-state index in [-0.39, 0.29) is 5.75 Å². The minimum Gasteiger partial charge on any atom is -0.506 e. The van der Waals surface area contributed by atoms with Gasteiger partial charge in [0.15, 0.2) is 0 Å². The molecular formula is C11H15N3O. The topological polar surface area (TPSA) is 50.1 Å². The first-order chi connectivity index (χ1) is 7.24. The van der Waals surface area contributed by atoms with Gasteiger partial charge >= 0.3 is 0 Å². The zero-order valence-electron chi connectivity index (χ0n) is 8.99. The Labute approximate surface area is 88.5 Å². The maximum atomic E-state index is 9.64. The van der Waals surface area contributed by atoms with Gasteiger partial charge in [-0.05, 0) is 20.0 Å². The van der Waals surface area contributed by atoms with Crippen molar-refractivity contribution in [1.82, 2.24) is 15.1 Å². The Morgan fingerprint density at radius 1 is 1.47 bits per heavy atom. The van der Waals surface area contributed by atoms with E-state index in [0.29, 0.717) is 5.52 Å². The fourth-order valence-electron chi connectivity index (χ4n) is 1.70. The number of fused-ring (bicyclic) bond motifs is 1. The first kappa shape index (κ1) is 9.98. The lowest BCUT2D eigenvalue weighted by atomic mass is 10.2. The van der Waals surface area contributed by atoms with Crippen molar-refractivity contribution in [3.8, 4) is 5.75 Å². The molecule has 0 radical (unpaired) electrons. The van der Waals surface area contributed by atoms with Crippen LogP contribution in [0.15, 0.2) is 18.2 Å². The lowest BCUT2D eigenvalue weighted by Crippen LogP contribution is -2.16. The van der Waals surface area contributed by atoms with Gasteiger partial charge in [-0.15, -0.1) is 0 Å². The lowest BCUT2D eigenvalue weighted by molar-refractivity contribution is 0.478. The van der Waals surface area contributed by atoms with Gasteiger partial charge in [-0.3, -0.25) is 4.68 Å². The van der Waals surface area contributed by atoms with E-state index in [9.17, 15) is 5.11 Å². The number of phenolic OH excluding ortho intramolecular Hbond substituents is 1. The number of rotatable bonds is 3. The molecule has 0 fully saturated rings. The van der Waals surface area contributed by atoms with E-state index in [1.54, 1.807) is 6.07 Å². The Bertz CT molecular complexity index is 476. The first-order valence-corrected chi connectivity index (χ1v) is 5.03. The average Bonchev–Trinajstić information content (AvgIpc) is 2.55. The van der Waals surface area contributed by atoms with Crippen LogP contribution in [0, 0.1) is 6.92 Å². The lowest BCUT2D eigenvalue weighted by Gasteiger charge is -2.02. The molecule has 1 aromatic carbocycles. The molecule has 2 aromatic rings. The minimum atomic E-state index is 0.249. The summed E-state index contributed by atoms with van der Waals surface area (Å²) in [5.41, 5.74) is 1.78. The highest BCUT2D eigenvalue weighted by molar-refractivity contribution is 5.86. The Hall–Kier alpha value is -1.55. The van der Waals surface area contributed by atoms with Crippen LogP contribution in [0.2, 0.25) is 0 Å². The summed E-state index contributed by atoms with van der Waals surface area (Å²) in [6.07, 6.45) is 0. The summed E-state index contributed by atoms with van der Waals surface area (Å²) in [6.45, 7) is 3.70. The third kappa shape index (κ3) is 1.68. The number of aryl methyl sites for hydroxylation is 1. The highest BCUT2D eigenvalue weighted by Crippen LogP contribution is 2.25. The van der Waals surface area contributed by atoms with Crippen molar-refractivity contribution >= 4 is 10.9 Å². The van der Waals surface area contributed by atoms with E-state index in [0.717, 1.165) is 24.2 Å². The van der Waals surface area contributed by atoms with Crippen LogP contribution in [-0.4, -0.2) is 28.5 Å². The van der Waals surface area contributed by atoms with E-state index in [1.807, 2.05) is 30.8 Å².